The average Bonchev–Trinajstić information content (AvgIpc) is 2.84. The van der Waals surface area contributed by atoms with Gasteiger partial charge >= 0.3 is 0 Å². The van der Waals surface area contributed by atoms with Crippen molar-refractivity contribution in [2.24, 2.45) is 5.92 Å². The lowest BCUT2D eigenvalue weighted by Gasteiger charge is -2.16. The smallest absolute Gasteiger partial charge is 0.248 e. The van der Waals surface area contributed by atoms with E-state index < -0.39 is 27.6 Å². The molecule has 22 heavy (non-hydrogen) atoms. The summed E-state index contributed by atoms with van der Waals surface area (Å²) in [6.45, 7) is 3.90. The molecule has 7 nitrogen and oxygen atoms in total. The number of nitrogens with one attached hydrogen (secondary N) is 1. The van der Waals surface area contributed by atoms with Crippen LogP contribution in [-0.4, -0.2) is 39.2 Å². The molecule has 9 heteroatoms. The molecule has 1 amide bonds. The Kier molecular flexibility index (Phi) is 6.32. The Labute approximate surface area is 135 Å². The highest BCUT2D eigenvalue weighted by Gasteiger charge is 2.28. The van der Waals surface area contributed by atoms with E-state index in [9.17, 15) is 13.2 Å². The molecule has 0 aliphatic heterocycles. The van der Waals surface area contributed by atoms with Gasteiger partial charge in [-0.2, -0.15) is 5.26 Å². The molecule has 1 aromatic heterocycles. The first-order valence-corrected chi connectivity index (χ1v) is 9.23. The maximum absolute atomic E-state index is 12.3. The molecule has 0 spiro atoms. The summed E-state index contributed by atoms with van der Waals surface area (Å²) >= 11 is 1.39. The number of nitrogens with zero attached hydrogens (tertiary/aromatic N) is 3. The Hall–Kier alpha value is -1.66. The molecule has 0 radical (unpaired) electrons. The second kappa shape index (κ2) is 7.56. The lowest BCUT2D eigenvalue weighted by molar-refractivity contribution is -0.121. The third-order valence-corrected chi connectivity index (χ3v) is 4.83. The van der Waals surface area contributed by atoms with Gasteiger partial charge < -0.3 is 4.90 Å². The summed E-state index contributed by atoms with van der Waals surface area (Å²) < 4.78 is 25.2. The number of rotatable bonds is 7. The van der Waals surface area contributed by atoms with E-state index in [2.05, 4.69) is 4.98 Å². The molecule has 1 rings (SSSR count). The molecule has 0 aliphatic carbocycles. The molecule has 0 saturated carbocycles. The quantitative estimate of drug-likeness (QED) is 0.800. The van der Waals surface area contributed by atoms with E-state index in [4.69, 9.17) is 5.26 Å². The Morgan fingerprint density at radius 1 is 1.50 bits per heavy atom. The van der Waals surface area contributed by atoms with Crippen LogP contribution >= 0.6 is 11.3 Å². The molecule has 1 N–H and O–H groups in total. The number of nitriles is 1. The average molecular weight is 344 g/mol. The number of carbonyl (C=O) groups excluding carboxylic acids is 1. The summed E-state index contributed by atoms with van der Waals surface area (Å²) in [6, 6.07) is 1.53. The summed E-state index contributed by atoms with van der Waals surface area (Å²) in [6.07, 6.45) is 0.477. The largest absolute Gasteiger partial charge is 0.354 e. The summed E-state index contributed by atoms with van der Waals surface area (Å²) in [7, 11) is -0.235. The van der Waals surface area contributed by atoms with E-state index in [1.807, 2.05) is 37.6 Å². The third kappa shape index (κ3) is 5.27. The van der Waals surface area contributed by atoms with Gasteiger partial charge in [0.05, 0.1) is 17.7 Å². The van der Waals surface area contributed by atoms with Crippen molar-refractivity contribution in [2.75, 3.05) is 24.7 Å². The number of hydrogen-bond donors (Lipinski definition) is 1. The van der Waals surface area contributed by atoms with Crippen molar-refractivity contribution in [1.82, 2.24) is 9.71 Å². The molecule has 122 valence electrons. The van der Waals surface area contributed by atoms with Gasteiger partial charge in [-0.15, -0.1) is 11.3 Å². The second-order valence-electron chi connectivity index (χ2n) is 5.52. The van der Waals surface area contributed by atoms with Gasteiger partial charge in [-0.3, -0.25) is 9.52 Å². The van der Waals surface area contributed by atoms with E-state index >= 15 is 0 Å². The SMILES string of the molecule is CC(C)CC(C(=O)NS(=O)(=O)CC#N)c1csc(N(C)C)n1. The van der Waals surface area contributed by atoms with Gasteiger partial charge in [0.2, 0.25) is 15.9 Å². The van der Waals surface area contributed by atoms with E-state index in [1.54, 1.807) is 5.38 Å². The summed E-state index contributed by atoms with van der Waals surface area (Å²) in [5.74, 6) is -1.84. The van der Waals surface area contributed by atoms with Crippen molar-refractivity contribution in [3.8, 4) is 6.07 Å². The molecule has 1 unspecified atom stereocenters. The van der Waals surface area contributed by atoms with Crippen LogP contribution in [0.25, 0.3) is 0 Å². The number of sulfonamides is 1. The van der Waals surface area contributed by atoms with Gasteiger partial charge in [0.25, 0.3) is 0 Å². The first kappa shape index (κ1) is 18.4. The van der Waals surface area contributed by atoms with E-state index in [1.165, 1.54) is 17.4 Å². The first-order valence-electron chi connectivity index (χ1n) is 6.70. The zero-order valence-corrected chi connectivity index (χ0v) is 14.7. The molecular formula is C13H20N4O3S2. The topological polar surface area (TPSA) is 103 Å². The minimum atomic E-state index is -3.92. The lowest BCUT2D eigenvalue weighted by Crippen LogP contribution is -2.36. The van der Waals surface area contributed by atoms with Crippen LogP contribution in [0.4, 0.5) is 5.13 Å². The molecule has 0 aromatic carbocycles. The van der Waals surface area contributed by atoms with Gasteiger partial charge in [0, 0.05) is 19.5 Å². The molecule has 1 atom stereocenters. The lowest BCUT2D eigenvalue weighted by atomic mass is 9.94. The van der Waals surface area contributed by atoms with Crippen LogP contribution in [0.15, 0.2) is 5.38 Å². The van der Waals surface area contributed by atoms with E-state index in [0.29, 0.717) is 12.1 Å². The Bertz CT molecular complexity index is 659. The molecule has 0 aliphatic rings. The van der Waals surface area contributed by atoms with Crippen molar-refractivity contribution >= 4 is 32.4 Å². The fourth-order valence-electron chi connectivity index (χ4n) is 1.82. The number of hydrogen-bond acceptors (Lipinski definition) is 7. The molecule has 1 heterocycles. The van der Waals surface area contributed by atoms with Crippen LogP contribution in [0, 0.1) is 17.2 Å². The minimum absolute atomic E-state index is 0.193. The summed E-state index contributed by atoms with van der Waals surface area (Å²) in [5.41, 5.74) is 0.548. The van der Waals surface area contributed by atoms with Crippen molar-refractivity contribution in [1.29, 1.82) is 5.26 Å². The predicted octanol–water partition coefficient (Wildman–Crippen LogP) is 1.31. The number of carbonyl (C=O) groups is 1. The summed E-state index contributed by atoms with van der Waals surface area (Å²) in [4.78, 5) is 18.5. The maximum atomic E-state index is 12.3. The molecule has 1 aromatic rings. The number of amides is 1. The summed E-state index contributed by atoms with van der Waals surface area (Å²) in [5, 5.41) is 11.0. The molecular weight excluding hydrogens is 324 g/mol. The van der Waals surface area contributed by atoms with Gasteiger partial charge in [-0.25, -0.2) is 13.4 Å². The van der Waals surface area contributed by atoms with Crippen molar-refractivity contribution in [3.05, 3.63) is 11.1 Å². The van der Waals surface area contributed by atoms with Crippen LogP contribution in [0.3, 0.4) is 0 Å². The molecule has 0 saturated heterocycles. The molecule has 0 fully saturated rings. The predicted molar refractivity (Wildman–Crippen MR) is 86.2 cm³/mol. The standard InChI is InChI=1S/C13H20N4O3S2/c1-9(2)7-10(11-8-21-13(15-11)17(3)4)12(18)16-22(19,20)6-5-14/h8-10H,6-7H2,1-4H3,(H,16,18). The minimum Gasteiger partial charge on any atom is -0.354 e. The second-order valence-corrected chi connectivity index (χ2v) is 8.07. The Balaban J connectivity index is 3.02. The Morgan fingerprint density at radius 2 is 2.14 bits per heavy atom. The first-order chi connectivity index (χ1) is 10.2. The highest BCUT2D eigenvalue weighted by atomic mass is 32.2. The fraction of sp³-hybridized carbons (Fsp3) is 0.615. The number of aromatic nitrogens is 1. The van der Waals surface area contributed by atoms with Crippen LogP contribution in [0.5, 0.6) is 0 Å². The van der Waals surface area contributed by atoms with Gasteiger partial charge in [-0.05, 0) is 12.3 Å². The number of thiazole rings is 1. The van der Waals surface area contributed by atoms with Crippen LogP contribution < -0.4 is 9.62 Å². The van der Waals surface area contributed by atoms with Crippen LogP contribution in [-0.2, 0) is 14.8 Å². The number of anilines is 1. The third-order valence-electron chi connectivity index (χ3n) is 2.78. The van der Waals surface area contributed by atoms with Crippen molar-refractivity contribution in [2.45, 2.75) is 26.2 Å². The highest BCUT2D eigenvalue weighted by molar-refractivity contribution is 7.90. The van der Waals surface area contributed by atoms with Gasteiger partial charge in [-0.1, -0.05) is 13.8 Å². The van der Waals surface area contributed by atoms with Crippen molar-refractivity contribution in [3.63, 3.8) is 0 Å². The fourth-order valence-corrected chi connectivity index (χ4v) is 3.32. The van der Waals surface area contributed by atoms with E-state index in [-0.39, 0.29) is 5.92 Å². The van der Waals surface area contributed by atoms with E-state index in [0.717, 1.165) is 5.13 Å². The van der Waals surface area contributed by atoms with Gasteiger partial charge in [0.1, 0.15) is 0 Å². The zero-order chi connectivity index (χ0) is 16.9. The molecule has 0 bridgehead atoms. The van der Waals surface area contributed by atoms with Crippen LogP contribution in [0.2, 0.25) is 0 Å². The monoisotopic (exact) mass is 344 g/mol. The normalized spacial score (nSPS) is 12.7. The highest BCUT2D eigenvalue weighted by Crippen LogP contribution is 2.28. The van der Waals surface area contributed by atoms with Gasteiger partial charge in [0.15, 0.2) is 10.9 Å². The van der Waals surface area contributed by atoms with Crippen molar-refractivity contribution < 1.29 is 13.2 Å². The maximum Gasteiger partial charge on any atom is 0.248 e. The Morgan fingerprint density at radius 3 is 2.59 bits per heavy atom. The zero-order valence-electron chi connectivity index (χ0n) is 13.0. The van der Waals surface area contributed by atoms with Crippen LogP contribution in [0.1, 0.15) is 31.9 Å².